The molecule has 0 fully saturated rings. The summed E-state index contributed by atoms with van der Waals surface area (Å²) in [7, 11) is 1.79. The van der Waals surface area contributed by atoms with Gasteiger partial charge < -0.3 is 23.9 Å². The highest BCUT2D eigenvalue weighted by molar-refractivity contribution is 5.94. The molecule has 7 nitrogen and oxygen atoms in total. The van der Waals surface area contributed by atoms with Gasteiger partial charge in [-0.15, -0.1) is 0 Å². The van der Waals surface area contributed by atoms with Gasteiger partial charge in [0.05, 0.1) is 12.3 Å². The molecule has 2 unspecified atom stereocenters. The molecule has 0 bridgehead atoms. The standard InChI is InChI=1S/C22H22N2O5/c1-24(12-17-10-15-4-2-3-5-18(15)28-17)22(25)21-11-16(23-29-21)8-14-6-7-19-20(9-14)27-13-26-19/h2-7,9,17,21H,8,10-13H2,1H3. The predicted molar refractivity (Wildman–Crippen MR) is 105 cm³/mol. The minimum Gasteiger partial charge on any atom is -0.488 e. The molecule has 0 saturated heterocycles. The average molecular weight is 394 g/mol. The van der Waals surface area contributed by atoms with E-state index in [-0.39, 0.29) is 18.8 Å². The number of fused-ring (bicyclic) bond motifs is 2. The number of carbonyl (C=O) groups excluding carboxylic acids is 1. The largest absolute Gasteiger partial charge is 0.488 e. The van der Waals surface area contributed by atoms with Gasteiger partial charge in [-0.25, -0.2) is 0 Å². The van der Waals surface area contributed by atoms with Gasteiger partial charge in [0, 0.05) is 26.3 Å². The van der Waals surface area contributed by atoms with Crippen molar-refractivity contribution in [3.63, 3.8) is 0 Å². The molecule has 7 heteroatoms. The fourth-order valence-corrected chi connectivity index (χ4v) is 3.95. The molecule has 29 heavy (non-hydrogen) atoms. The van der Waals surface area contributed by atoms with Crippen molar-refractivity contribution in [1.82, 2.24) is 4.90 Å². The summed E-state index contributed by atoms with van der Waals surface area (Å²) in [6.45, 7) is 0.770. The molecule has 2 aromatic carbocycles. The van der Waals surface area contributed by atoms with Crippen molar-refractivity contribution in [3.05, 3.63) is 53.6 Å². The number of ether oxygens (including phenoxy) is 3. The highest BCUT2D eigenvalue weighted by Gasteiger charge is 2.33. The quantitative estimate of drug-likeness (QED) is 0.780. The summed E-state index contributed by atoms with van der Waals surface area (Å²) in [5.41, 5.74) is 3.08. The molecule has 0 N–H and O–H groups in total. The zero-order chi connectivity index (χ0) is 19.8. The Kier molecular flexibility index (Phi) is 4.50. The third kappa shape index (κ3) is 3.60. The lowest BCUT2D eigenvalue weighted by Gasteiger charge is -2.23. The highest BCUT2D eigenvalue weighted by atomic mass is 16.7. The Morgan fingerprint density at radius 2 is 1.97 bits per heavy atom. The fraction of sp³-hybridized carbons (Fsp3) is 0.364. The SMILES string of the molecule is CN(CC1Cc2ccccc2O1)C(=O)C1CC(Cc2ccc3c(c2)OCO3)=NO1. The van der Waals surface area contributed by atoms with Gasteiger partial charge in [-0.2, -0.15) is 0 Å². The molecule has 0 spiro atoms. The molecule has 3 heterocycles. The second kappa shape index (κ2) is 7.31. The van der Waals surface area contributed by atoms with E-state index in [2.05, 4.69) is 11.2 Å². The van der Waals surface area contributed by atoms with E-state index in [1.807, 2.05) is 36.4 Å². The lowest BCUT2D eigenvalue weighted by molar-refractivity contribution is -0.141. The van der Waals surface area contributed by atoms with Gasteiger partial charge in [0.15, 0.2) is 11.5 Å². The maximum absolute atomic E-state index is 12.8. The van der Waals surface area contributed by atoms with Crippen LogP contribution in [-0.2, 0) is 22.5 Å². The van der Waals surface area contributed by atoms with Crippen LogP contribution in [0.5, 0.6) is 17.2 Å². The Morgan fingerprint density at radius 1 is 1.10 bits per heavy atom. The minimum absolute atomic E-state index is 0.0308. The van der Waals surface area contributed by atoms with Crippen LogP contribution >= 0.6 is 0 Å². The molecule has 0 saturated carbocycles. The van der Waals surface area contributed by atoms with Gasteiger partial charge in [-0.05, 0) is 29.3 Å². The van der Waals surface area contributed by atoms with Crippen LogP contribution in [0.3, 0.4) is 0 Å². The summed E-state index contributed by atoms with van der Waals surface area (Å²) in [6, 6.07) is 13.8. The molecular formula is C22H22N2O5. The summed E-state index contributed by atoms with van der Waals surface area (Å²) in [6.07, 6.45) is 1.31. The molecular weight excluding hydrogens is 372 g/mol. The zero-order valence-electron chi connectivity index (χ0n) is 16.2. The van der Waals surface area contributed by atoms with Crippen LogP contribution in [0.2, 0.25) is 0 Å². The normalized spacial score (nSPS) is 21.2. The van der Waals surface area contributed by atoms with Gasteiger partial charge in [0.25, 0.3) is 5.91 Å². The minimum atomic E-state index is -0.576. The van der Waals surface area contributed by atoms with Gasteiger partial charge in [-0.3, -0.25) is 4.79 Å². The summed E-state index contributed by atoms with van der Waals surface area (Å²) in [5.74, 6) is 2.33. The highest BCUT2D eigenvalue weighted by Crippen LogP contribution is 2.33. The first kappa shape index (κ1) is 17.8. The third-order valence-corrected chi connectivity index (χ3v) is 5.42. The molecule has 0 aromatic heterocycles. The predicted octanol–water partition coefficient (Wildman–Crippen LogP) is 2.56. The van der Waals surface area contributed by atoms with Gasteiger partial charge >= 0.3 is 0 Å². The second-order valence-electron chi connectivity index (χ2n) is 7.59. The third-order valence-electron chi connectivity index (χ3n) is 5.42. The molecule has 1 amide bonds. The van der Waals surface area contributed by atoms with Crippen molar-refractivity contribution in [3.8, 4) is 17.2 Å². The second-order valence-corrected chi connectivity index (χ2v) is 7.59. The van der Waals surface area contributed by atoms with Crippen molar-refractivity contribution < 1.29 is 23.8 Å². The van der Waals surface area contributed by atoms with Crippen LogP contribution in [0.25, 0.3) is 0 Å². The molecule has 150 valence electrons. The van der Waals surface area contributed by atoms with E-state index in [1.165, 1.54) is 5.56 Å². The summed E-state index contributed by atoms with van der Waals surface area (Å²) >= 11 is 0. The van der Waals surface area contributed by atoms with Crippen LogP contribution in [0.4, 0.5) is 0 Å². The van der Waals surface area contributed by atoms with E-state index in [0.29, 0.717) is 19.4 Å². The maximum Gasteiger partial charge on any atom is 0.266 e. The fourth-order valence-electron chi connectivity index (χ4n) is 3.95. The average Bonchev–Trinajstić information content (AvgIpc) is 3.46. The smallest absolute Gasteiger partial charge is 0.266 e. The number of hydrogen-bond acceptors (Lipinski definition) is 6. The van der Waals surface area contributed by atoms with E-state index >= 15 is 0 Å². The first-order chi connectivity index (χ1) is 14.2. The number of para-hydroxylation sites is 1. The Morgan fingerprint density at radius 3 is 2.86 bits per heavy atom. The van der Waals surface area contributed by atoms with Crippen LogP contribution in [-0.4, -0.2) is 49.1 Å². The number of hydrogen-bond donors (Lipinski definition) is 0. The Hall–Kier alpha value is -3.22. The van der Waals surface area contributed by atoms with E-state index in [0.717, 1.165) is 34.9 Å². The number of amides is 1. The molecule has 0 aliphatic carbocycles. The Balaban J connectivity index is 1.14. The van der Waals surface area contributed by atoms with Crippen molar-refractivity contribution in [2.24, 2.45) is 5.16 Å². The molecule has 3 aliphatic heterocycles. The van der Waals surface area contributed by atoms with Crippen molar-refractivity contribution >= 4 is 11.6 Å². The molecule has 0 radical (unpaired) electrons. The lowest BCUT2D eigenvalue weighted by Crippen LogP contribution is -2.42. The van der Waals surface area contributed by atoms with Crippen molar-refractivity contribution in [2.45, 2.75) is 31.5 Å². The summed E-state index contributed by atoms with van der Waals surface area (Å²) in [5, 5.41) is 4.14. The van der Waals surface area contributed by atoms with Gasteiger partial charge in [0.1, 0.15) is 11.9 Å². The van der Waals surface area contributed by atoms with Crippen molar-refractivity contribution in [2.75, 3.05) is 20.4 Å². The lowest BCUT2D eigenvalue weighted by atomic mass is 10.0. The first-order valence-electron chi connectivity index (χ1n) is 9.75. The van der Waals surface area contributed by atoms with Gasteiger partial charge in [-0.1, -0.05) is 29.4 Å². The Bertz CT molecular complexity index is 948. The molecule has 2 atom stereocenters. The van der Waals surface area contributed by atoms with Crippen LogP contribution in [0.1, 0.15) is 17.5 Å². The van der Waals surface area contributed by atoms with Crippen LogP contribution < -0.4 is 14.2 Å². The number of likely N-dealkylation sites (N-methyl/N-ethyl adjacent to an activating group) is 1. The topological polar surface area (TPSA) is 69.6 Å². The molecule has 3 aliphatic rings. The van der Waals surface area contributed by atoms with E-state index < -0.39 is 6.10 Å². The first-order valence-corrected chi connectivity index (χ1v) is 9.75. The monoisotopic (exact) mass is 394 g/mol. The molecule has 5 rings (SSSR count). The number of benzene rings is 2. The summed E-state index contributed by atoms with van der Waals surface area (Å²) < 4.78 is 16.7. The molecule has 2 aromatic rings. The number of rotatable bonds is 5. The van der Waals surface area contributed by atoms with Gasteiger partial charge in [0.2, 0.25) is 12.9 Å². The zero-order valence-corrected chi connectivity index (χ0v) is 16.2. The number of carbonyl (C=O) groups is 1. The van der Waals surface area contributed by atoms with Crippen LogP contribution in [0, 0.1) is 0 Å². The van der Waals surface area contributed by atoms with E-state index in [9.17, 15) is 4.79 Å². The van der Waals surface area contributed by atoms with Crippen molar-refractivity contribution in [1.29, 1.82) is 0 Å². The van der Waals surface area contributed by atoms with E-state index in [1.54, 1.807) is 11.9 Å². The number of oxime groups is 1. The van der Waals surface area contributed by atoms with Crippen LogP contribution in [0.15, 0.2) is 47.6 Å². The number of nitrogens with zero attached hydrogens (tertiary/aromatic N) is 2. The Labute approximate surface area is 168 Å². The maximum atomic E-state index is 12.8. The van der Waals surface area contributed by atoms with E-state index in [4.69, 9.17) is 19.0 Å². The summed E-state index contributed by atoms with van der Waals surface area (Å²) in [4.78, 5) is 19.9.